The molecule has 0 aromatic heterocycles. The zero-order chi connectivity index (χ0) is 14.0. The first-order valence-electron chi connectivity index (χ1n) is 5.54. The quantitative estimate of drug-likeness (QED) is 0.832. The molecule has 5 heteroatoms. The number of rotatable bonds is 3. The second-order valence-corrected chi connectivity index (χ2v) is 4.09. The van der Waals surface area contributed by atoms with Gasteiger partial charge in [-0.1, -0.05) is 6.07 Å². The van der Waals surface area contributed by atoms with E-state index in [1.54, 1.807) is 12.1 Å². The van der Waals surface area contributed by atoms with E-state index in [4.69, 9.17) is 15.6 Å². The standard InChI is InChI=1S/C14H12FNO3/c1-8-2-5-11(15)13(6-8)19-9-3-4-10(14(17)18)12(16)7-9/h2-7H,16H2,1H3,(H,17,18). The summed E-state index contributed by atoms with van der Waals surface area (Å²) in [5, 5.41) is 8.85. The third-order valence-electron chi connectivity index (χ3n) is 2.57. The van der Waals surface area contributed by atoms with E-state index in [0.717, 1.165) is 5.56 Å². The highest BCUT2D eigenvalue weighted by Gasteiger charge is 2.10. The second kappa shape index (κ2) is 4.97. The van der Waals surface area contributed by atoms with Crippen LogP contribution in [0.2, 0.25) is 0 Å². The van der Waals surface area contributed by atoms with E-state index >= 15 is 0 Å². The fourth-order valence-electron chi connectivity index (χ4n) is 1.61. The van der Waals surface area contributed by atoms with Crippen molar-refractivity contribution in [1.29, 1.82) is 0 Å². The Kier molecular flexibility index (Phi) is 3.37. The summed E-state index contributed by atoms with van der Waals surface area (Å²) in [6.07, 6.45) is 0. The van der Waals surface area contributed by atoms with E-state index in [1.807, 2.05) is 6.92 Å². The average molecular weight is 261 g/mol. The highest BCUT2D eigenvalue weighted by Crippen LogP contribution is 2.28. The Morgan fingerprint density at radius 2 is 2.00 bits per heavy atom. The number of aryl methyl sites for hydroxylation is 1. The van der Waals surface area contributed by atoms with Crippen LogP contribution in [0, 0.1) is 12.7 Å². The zero-order valence-corrected chi connectivity index (χ0v) is 10.2. The number of benzene rings is 2. The lowest BCUT2D eigenvalue weighted by Crippen LogP contribution is -2.02. The molecule has 4 nitrogen and oxygen atoms in total. The Bertz CT molecular complexity index is 641. The molecule has 0 amide bonds. The minimum absolute atomic E-state index is 0.0166. The Labute approximate surface area is 109 Å². The van der Waals surface area contributed by atoms with E-state index in [1.165, 1.54) is 24.3 Å². The van der Waals surface area contributed by atoms with Crippen LogP contribution in [-0.4, -0.2) is 11.1 Å². The SMILES string of the molecule is Cc1ccc(F)c(Oc2ccc(C(=O)O)c(N)c2)c1. The maximum Gasteiger partial charge on any atom is 0.337 e. The summed E-state index contributed by atoms with van der Waals surface area (Å²) in [6, 6.07) is 8.59. The highest BCUT2D eigenvalue weighted by atomic mass is 19.1. The van der Waals surface area contributed by atoms with Crippen molar-refractivity contribution in [2.75, 3.05) is 5.73 Å². The van der Waals surface area contributed by atoms with Gasteiger partial charge in [-0.15, -0.1) is 0 Å². The van der Waals surface area contributed by atoms with Crippen LogP contribution >= 0.6 is 0 Å². The number of nitrogens with two attached hydrogens (primary N) is 1. The first-order chi connectivity index (χ1) is 8.97. The summed E-state index contributed by atoms with van der Waals surface area (Å²) in [7, 11) is 0. The lowest BCUT2D eigenvalue weighted by Gasteiger charge is -2.09. The fourth-order valence-corrected chi connectivity index (χ4v) is 1.61. The molecule has 0 aliphatic carbocycles. The molecular formula is C14H12FNO3. The number of ether oxygens (including phenoxy) is 1. The Hall–Kier alpha value is -2.56. The van der Waals surface area contributed by atoms with Crippen molar-refractivity contribution < 1.29 is 19.0 Å². The summed E-state index contributed by atoms with van der Waals surface area (Å²) in [6.45, 7) is 1.81. The molecule has 0 heterocycles. The largest absolute Gasteiger partial charge is 0.478 e. The van der Waals surface area contributed by atoms with Crippen LogP contribution in [0.1, 0.15) is 15.9 Å². The molecule has 2 aromatic carbocycles. The van der Waals surface area contributed by atoms with Gasteiger partial charge in [0.25, 0.3) is 0 Å². The molecule has 0 atom stereocenters. The number of hydrogen-bond donors (Lipinski definition) is 2. The van der Waals surface area contributed by atoms with Gasteiger partial charge in [-0.2, -0.15) is 0 Å². The molecule has 0 bridgehead atoms. The molecule has 0 saturated carbocycles. The smallest absolute Gasteiger partial charge is 0.337 e. The summed E-state index contributed by atoms with van der Waals surface area (Å²) >= 11 is 0. The lowest BCUT2D eigenvalue weighted by atomic mass is 10.2. The molecule has 2 rings (SSSR count). The van der Waals surface area contributed by atoms with Crippen molar-refractivity contribution in [3.63, 3.8) is 0 Å². The maximum atomic E-state index is 13.5. The minimum atomic E-state index is -1.12. The molecule has 0 unspecified atom stereocenters. The number of anilines is 1. The second-order valence-electron chi connectivity index (χ2n) is 4.09. The number of nitrogen functional groups attached to an aromatic ring is 1. The molecule has 19 heavy (non-hydrogen) atoms. The van der Waals surface area contributed by atoms with Crippen molar-refractivity contribution in [3.05, 3.63) is 53.3 Å². The van der Waals surface area contributed by atoms with E-state index in [-0.39, 0.29) is 22.7 Å². The van der Waals surface area contributed by atoms with Crippen LogP contribution in [0.5, 0.6) is 11.5 Å². The van der Waals surface area contributed by atoms with Crippen LogP contribution in [0.3, 0.4) is 0 Å². The van der Waals surface area contributed by atoms with Crippen LogP contribution in [0.4, 0.5) is 10.1 Å². The summed E-state index contributed by atoms with van der Waals surface area (Å²) < 4.78 is 18.9. The topological polar surface area (TPSA) is 72.5 Å². The molecular weight excluding hydrogens is 249 g/mol. The lowest BCUT2D eigenvalue weighted by molar-refractivity contribution is 0.0698. The number of carboxylic acid groups (broad SMARTS) is 1. The number of carbonyl (C=O) groups is 1. The van der Waals surface area contributed by atoms with Crippen LogP contribution in [0.15, 0.2) is 36.4 Å². The number of halogens is 1. The van der Waals surface area contributed by atoms with Gasteiger partial charge in [-0.05, 0) is 36.8 Å². The van der Waals surface area contributed by atoms with Crippen LogP contribution in [0.25, 0.3) is 0 Å². The van der Waals surface area contributed by atoms with Gasteiger partial charge in [-0.25, -0.2) is 9.18 Å². The molecule has 0 radical (unpaired) electrons. The molecule has 3 N–H and O–H groups in total. The summed E-state index contributed by atoms with van der Waals surface area (Å²) in [5.41, 5.74) is 6.49. The van der Waals surface area contributed by atoms with Gasteiger partial charge >= 0.3 is 5.97 Å². The van der Waals surface area contributed by atoms with Gasteiger partial charge in [0.1, 0.15) is 5.75 Å². The number of hydrogen-bond acceptors (Lipinski definition) is 3. The predicted octanol–water partition coefficient (Wildman–Crippen LogP) is 3.21. The monoisotopic (exact) mass is 261 g/mol. The van der Waals surface area contributed by atoms with Crippen molar-refractivity contribution in [1.82, 2.24) is 0 Å². The first-order valence-corrected chi connectivity index (χ1v) is 5.54. The van der Waals surface area contributed by atoms with Crippen LogP contribution in [-0.2, 0) is 0 Å². The Morgan fingerprint density at radius 3 is 2.63 bits per heavy atom. The van der Waals surface area contributed by atoms with Gasteiger partial charge in [0.15, 0.2) is 11.6 Å². The molecule has 0 saturated heterocycles. The molecule has 0 aliphatic rings. The van der Waals surface area contributed by atoms with Gasteiger partial charge in [0.2, 0.25) is 0 Å². The van der Waals surface area contributed by atoms with Gasteiger partial charge in [0.05, 0.1) is 5.56 Å². The van der Waals surface area contributed by atoms with Gasteiger partial charge in [0, 0.05) is 11.8 Å². The number of aromatic carboxylic acids is 1. The van der Waals surface area contributed by atoms with E-state index in [0.29, 0.717) is 0 Å². The van der Waals surface area contributed by atoms with Gasteiger partial charge in [-0.3, -0.25) is 0 Å². The molecule has 0 aliphatic heterocycles. The van der Waals surface area contributed by atoms with Crippen molar-refractivity contribution >= 4 is 11.7 Å². The Morgan fingerprint density at radius 1 is 1.26 bits per heavy atom. The van der Waals surface area contributed by atoms with Crippen LogP contribution < -0.4 is 10.5 Å². The molecule has 0 fully saturated rings. The Balaban J connectivity index is 2.31. The average Bonchev–Trinajstić information content (AvgIpc) is 2.33. The maximum absolute atomic E-state index is 13.5. The third-order valence-corrected chi connectivity index (χ3v) is 2.57. The highest BCUT2D eigenvalue weighted by molar-refractivity contribution is 5.93. The zero-order valence-electron chi connectivity index (χ0n) is 10.2. The molecule has 2 aromatic rings. The van der Waals surface area contributed by atoms with E-state index in [2.05, 4.69) is 0 Å². The van der Waals surface area contributed by atoms with Crippen molar-refractivity contribution in [3.8, 4) is 11.5 Å². The summed E-state index contributed by atoms with van der Waals surface area (Å²) in [5.74, 6) is -1.26. The first kappa shape index (κ1) is 12.9. The summed E-state index contributed by atoms with van der Waals surface area (Å²) in [4.78, 5) is 10.8. The molecule has 98 valence electrons. The van der Waals surface area contributed by atoms with Crippen molar-refractivity contribution in [2.24, 2.45) is 0 Å². The fraction of sp³-hybridized carbons (Fsp3) is 0.0714. The van der Waals surface area contributed by atoms with E-state index < -0.39 is 11.8 Å². The minimum Gasteiger partial charge on any atom is -0.478 e. The number of carboxylic acids is 1. The molecule has 0 spiro atoms. The van der Waals surface area contributed by atoms with Gasteiger partial charge < -0.3 is 15.6 Å². The van der Waals surface area contributed by atoms with E-state index in [9.17, 15) is 9.18 Å². The predicted molar refractivity (Wildman–Crippen MR) is 69.0 cm³/mol. The van der Waals surface area contributed by atoms with Crippen molar-refractivity contribution in [2.45, 2.75) is 6.92 Å². The normalized spacial score (nSPS) is 10.2. The third kappa shape index (κ3) is 2.82.